The van der Waals surface area contributed by atoms with Crippen molar-refractivity contribution in [3.63, 3.8) is 0 Å². The number of thioether (sulfide) groups is 1. The summed E-state index contributed by atoms with van der Waals surface area (Å²) in [5, 5.41) is 19.7. The predicted molar refractivity (Wildman–Crippen MR) is 131 cm³/mol. The van der Waals surface area contributed by atoms with Crippen LogP contribution in [0.5, 0.6) is 5.75 Å². The molecule has 154 valence electrons. The van der Waals surface area contributed by atoms with Crippen molar-refractivity contribution in [2.75, 3.05) is 4.90 Å². The molecule has 0 unspecified atom stereocenters. The molecule has 3 aromatic rings. The molecule has 0 aliphatic carbocycles. The number of phenolic OH excluding ortho intramolecular Hbond substituents is 1. The van der Waals surface area contributed by atoms with E-state index in [2.05, 4.69) is 10.2 Å². The zero-order chi connectivity index (χ0) is 22.0. The summed E-state index contributed by atoms with van der Waals surface area (Å²) < 4.78 is 0.384. The Morgan fingerprint density at radius 2 is 1.61 bits per heavy atom. The molecule has 1 amide bonds. The van der Waals surface area contributed by atoms with Gasteiger partial charge in [-0.15, -0.1) is 0 Å². The summed E-state index contributed by atoms with van der Waals surface area (Å²) in [5.74, 6) is -0.280. The van der Waals surface area contributed by atoms with Crippen LogP contribution in [-0.2, 0) is 4.79 Å². The molecular weight excluding hydrogens is 473 g/mol. The number of phenols is 1. The SMILES string of the molecule is O=C1/C(=C/c2cc(N=Nc3cccc(Cl)c3)ccc2O)SC(=S)N1c1cccc(Cl)c1. The van der Waals surface area contributed by atoms with Crippen molar-refractivity contribution < 1.29 is 9.90 Å². The third kappa shape index (κ3) is 4.97. The van der Waals surface area contributed by atoms with E-state index >= 15 is 0 Å². The number of hydrogen-bond acceptors (Lipinski definition) is 6. The second kappa shape index (κ2) is 9.20. The molecule has 1 heterocycles. The van der Waals surface area contributed by atoms with Crippen LogP contribution in [0.2, 0.25) is 10.0 Å². The van der Waals surface area contributed by atoms with Crippen LogP contribution in [0, 0.1) is 0 Å². The number of carbonyl (C=O) groups is 1. The molecule has 1 fully saturated rings. The van der Waals surface area contributed by atoms with E-state index in [1.54, 1.807) is 66.7 Å². The van der Waals surface area contributed by atoms with Crippen molar-refractivity contribution in [1.82, 2.24) is 0 Å². The number of thiocarbonyl (C=S) groups is 1. The number of rotatable bonds is 4. The Labute approximate surface area is 198 Å². The summed E-state index contributed by atoms with van der Waals surface area (Å²) in [7, 11) is 0. The van der Waals surface area contributed by atoms with E-state index < -0.39 is 0 Å². The number of azo groups is 1. The van der Waals surface area contributed by atoms with E-state index in [-0.39, 0.29) is 11.7 Å². The number of anilines is 1. The van der Waals surface area contributed by atoms with Crippen molar-refractivity contribution in [2.45, 2.75) is 0 Å². The van der Waals surface area contributed by atoms with Crippen LogP contribution in [0.1, 0.15) is 5.56 Å². The van der Waals surface area contributed by atoms with Crippen molar-refractivity contribution in [3.05, 3.63) is 87.2 Å². The van der Waals surface area contributed by atoms with Crippen LogP contribution in [0.25, 0.3) is 6.08 Å². The zero-order valence-electron chi connectivity index (χ0n) is 15.7. The Bertz CT molecular complexity index is 1260. The lowest BCUT2D eigenvalue weighted by molar-refractivity contribution is -0.113. The van der Waals surface area contributed by atoms with Gasteiger partial charge >= 0.3 is 0 Å². The van der Waals surface area contributed by atoms with Crippen LogP contribution in [0.3, 0.4) is 0 Å². The normalized spacial score (nSPS) is 15.4. The van der Waals surface area contributed by atoms with Gasteiger partial charge in [0.1, 0.15) is 5.75 Å². The highest BCUT2D eigenvalue weighted by Crippen LogP contribution is 2.38. The van der Waals surface area contributed by atoms with Gasteiger partial charge < -0.3 is 5.11 Å². The topological polar surface area (TPSA) is 65.3 Å². The number of aromatic hydroxyl groups is 1. The summed E-state index contributed by atoms with van der Waals surface area (Å²) in [6.07, 6.45) is 1.58. The third-order valence-corrected chi connectivity index (χ3v) is 6.02. The first-order chi connectivity index (χ1) is 14.9. The van der Waals surface area contributed by atoms with E-state index in [4.69, 9.17) is 35.4 Å². The van der Waals surface area contributed by atoms with Gasteiger partial charge in [-0.3, -0.25) is 9.69 Å². The van der Waals surface area contributed by atoms with Crippen LogP contribution >= 0.6 is 47.2 Å². The summed E-state index contributed by atoms with van der Waals surface area (Å²) in [5.41, 5.74) is 2.12. The average molecular weight is 486 g/mol. The van der Waals surface area contributed by atoms with E-state index in [9.17, 15) is 9.90 Å². The van der Waals surface area contributed by atoms with Gasteiger partial charge in [-0.25, -0.2) is 0 Å². The minimum absolute atomic E-state index is 0.00901. The minimum Gasteiger partial charge on any atom is -0.507 e. The lowest BCUT2D eigenvalue weighted by Crippen LogP contribution is -2.27. The molecule has 4 rings (SSSR count). The summed E-state index contributed by atoms with van der Waals surface area (Å²) >= 11 is 18.5. The van der Waals surface area contributed by atoms with Gasteiger partial charge in [-0.1, -0.05) is 59.3 Å². The Morgan fingerprint density at radius 3 is 2.32 bits per heavy atom. The molecular formula is C22H13Cl2N3O2S2. The predicted octanol–water partition coefficient (Wildman–Crippen LogP) is 7.52. The second-order valence-electron chi connectivity index (χ2n) is 6.42. The number of benzene rings is 3. The molecule has 1 aliphatic heterocycles. The van der Waals surface area contributed by atoms with Crippen molar-refractivity contribution in [1.29, 1.82) is 0 Å². The van der Waals surface area contributed by atoms with Crippen LogP contribution in [0.4, 0.5) is 17.1 Å². The van der Waals surface area contributed by atoms with Crippen LogP contribution in [-0.4, -0.2) is 15.3 Å². The van der Waals surface area contributed by atoms with E-state index in [1.165, 1.54) is 11.0 Å². The van der Waals surface area contributed by atoms with Gasteiger partial charge in [0.05, 0.1) is 22.0 Å². The molecule has 9 heteroatoms. The molecule has 0 aromatic heterocycles. The highest BCUT2D eigenvalue weighted by molar-refractivity contribution is 8.27. The number of hydrogen-bond donors (Lipinski definition) is 1. The number of halogens is 2. The fraction of sp³-hybridized carbons (Fsp3) is 0. The Kier molecular flexibility index (Phi) is 6.38. The monoisotopic (exact) mass is 485 g/mol. The zero-order valence-corrected chi connectivity index (χ0v) is 18.8. The van der Waals surface area contributed by atoms with Crippen molar-refractivity contribution in [2.24, 2.45) is 10.2 Å². The maximum atomic E-state index is 12.9. The first-order valence-electron chi connectivity index (χ1n) is 8.94. The lowest BCUT2D eigenvalue weighted by atomic mass is 10.1. The van der Waals surface area contributed by atoms with E-state index in [1.807, 2.05) is 0 Å². The van der Waals surface area contributed by atoms with E-state index in [0.29, 0.717) is 41.9 Å². The molecule has 1 saturated heterocycles. The lowest BCUT2D eigenvalue weighted by Gasteiger charge is -2.14. The first-order valence-corrected chi connectivity index (χ1v) is 10.9. The van der Waals surface area contributed by atoms with Gasteiger partial charge in [0.15, 0.2) is 4.32 Å². The van der Waals surface area contributed by atoms with Gasteiger partial charge in [0.2, 0.25) is 0 Å². The average Bonchev–Trinajstić information content (AvgIpc) is 3.01. The van der Waals surface area contributed by atoms with Gasteiger partial charge in [0, 0.05) is 15.6 Å². The third-order valence-electron chi connectivity index (χ3n) is 4.25. The molecule has 3 aromatic carbocycles. The second-order valence-corrected chi connectivity index (χ2v) is 8.97. The minimum atomic E-state index is -0.289. The van der Waals surface area contributed by atoms with Crippen LogP contribution < -0.4 is 4.90 Å². The fourth-order valence-corrected chi connectivity index (χ4v) is 4.48. The summed E-state index contributed by atoms with van der Waals surface area (Å²) in [6, 6.07) is 18.6. The maximum absolute atomic E-state index is 12.9. The molecule has 0 spiro atoms. The summed E-state index contributed by atoms with van der Waals surface area (Å²) in [6.45, 7) is 0. The number of carbonyl (C=O) groups excluding carboxylic acids is 1. The molecule has 0 atom stereocenters. The molecule has 0 bridgehead atoms. The molecule has 5 nitrogen and oxygen atoms in total. The van der Waals surface area contributed by atoms with Gasteiger partial charge in [0.25, 0.3) is 5.91 Å². The standard InChI is InChI=1S/C22H13Cl2N3O2S2/c23-14-3-1-5-16(11-14)25-26-17-7-8-19(28)13(9-17)10-20-21(29)27(22(30)31-20)18-6-2-4-15(24)12-18/h1-12,28H/b20-10-,26-25?. The molecule has 1 aliphatic rings. The largest absolute Gasteiger partial charge is 0.507 e. The number of amides is 1. The molecule has 1 N–H and O–H groups in total. The molecule has 0 saturated carbocycles. The first kappa shape index (κ1) is 21.5. The molecule has 0 radical (unpaired) electrons. The van der Waals surface area contributed by atoms with E-state index in [0.717, 1.165) is 11.8 Å². The Balaban J connectivity index is 1.62. The summed E-state index contributed by atoms with van der Waals surface area (Å²) in [4.78, 5) is 14.7. The smallest absolute Gasteiger partial charge is 0.270 e. The highest BCUT2D eigenvalue weighted by Gasteiger charge is 2.33. The van der Waals surface area contributed by atoms with Gasteiger partial charge in [-0.05, 0) is 60.7 Å². The molecule has 31 heavy (non-hydrogen) atoms. The highest BCUT2D eigenvalue weighted by atomic mass is 35.5. The fourth-order valence-electron chi connectivity index (χ4n) is 2.82. The quantitative estimate of drug-likeness (QED) is 0.235. The number of nitrogens with zero attached hydrogens (tertiary/aromatic N) is 3. The Hall–Kier alpha value is -2.71. The Morgan fingerprint density at radius 1 is 0.935 bits per heavy atom. The van der Waals surface area contributed by atoms with Crippen molar-refractivity contribution >= 4 is 80.5 Å². The maximum Gasteiger partial charge on any atom is 0.270 e. The van der Waals surface area contributed by atoms with Gasteiger partial charge in [-0.2, -0.15) is 10.2 Å². The van der Waals surface area contributed by atoms with Crippen LogP contribution in [0.15, 0.2) is 81.9 Å². The van der Waals surface area contributed by atoms with Crippen molar-refractivity contribution in [3.8, 4) is 5.75 Å².